The highest BCUT2D eigenvalue weighted by atomic mass is 32.2. The molecule has 1 aromatic carbocycles. The Bertz CT molecular complexity index is 1590. The Morgan fingerprint density at radius 1 is 1.16 bits per heavy atom. The van der Waals surface area contributed by atoms with Crippen LogP contribution in [0.25, 0.3) is 11.3 Å². The number of aromatic nitrogens is 1. The second-order valence-electron chi connectivity index (χ2n) is 10.6. The van der Waals surface area contributed by atoms with Crippen LogP contribution in [-0.2, 0) is 21.6 Å². The van der Waals surface area contributed by atoms with E-state index in [0.29, 0.717) is 42.2 Å². The van der Waals surface area contributed by atoms with Crippen LogP contribution >= 0.6 is 0 Å². The predicted octanol–water partition coefficient (Wildman–Crippen LogP) is 3.23. The molecule has 0 radical (unpaired) electrons. The molecule has 2 atom stereocenters. The molecule has 1 aromatic heterocycles. The maximum absolute atomic E-state index is 15.2. The molecule has 4 heterocycles. The number of sulfone groups is 1. The van der Waals surface area contributed by atoms with Crippen LogP contribution in [0.3, 0.4) is 0 Å². The van der Waals surface area contributed by atoms with Gasteiger partial charge < -0.3 is 19.5 Å². The van der Waals surface area contributed by atoms with Crippen LogP contribution in [0, 0.1) is 23.5 Å². The number of fused-ring (bicyclic) bond motifs is 2. The molecule has 0 spiro atoms. The molecule has 0 amide bonds. The first-order valence-electron chi connectivity index (χ1n) is 12.7. The average molecular weight is 542 g/mol. The number of nitrogens with zero attached hydrogens (tertiary/aromatic N) is 2. The van der Waals surface area contributed by atoms with Crippen molar-refractivity contribution in [2.75, 3.05) is 36.7 Å². The lowest BCUT2D eigenvalue weighted by molar-refractivity contribution is 0.0439. The highest BCUT2D eigenvalue weighted by Gasteiger charge is 2.46. The predicted molar refractivity (Wildman–Crippen MR) is 142 cm³/mol. The van der Waals surface area contributed by atoms with Crippen molar-refractivity contribution < 1.29 is 21.9 Å². The molecule has 7 nitrogen and oxygen atoms in total. The van der Waals surface area contributed by atoms with Gasteiger partial charge in [0.05, 0.1) is 28.7 Å². The minimum absolute atomic E-state index is 0.0525. The van der Waals surface area contributed by atoms with E-state index in [-0.39, 0.29) is 34.9 Å². The van der Waals surface area contributed by atoms with Crippen molar-refractivity contribution in [1.29, 1.82) is 0 Å². The van der Waals surface area contributed by atoms with Crippen LogP contribution in [0.15, 0.2) is 58.7 Å². The van der Waals surface area contributed by atoms with E-state index in [1.807, 2.05) is 17.2 Å². The number of aryl methyl sites for hydroxylation is 1. The van der Waals surface area contributed by atoms with Gasteiger partial charge >= 0.3 is 0 Å². The van der Waals surface area contributed by atoms with E-state index in [2.05, 4.69) is 5.32 Å². The summed E-state index contributed by atoms with van der Waals surface area (Å²) >= 11 is 0. The Labute approximate surface area is 220 Å². The lowest BCUT2D eigenvalue weighted by Crippen LogP contribution is -2.49. The molecule has 1 saturated heterocycles. The van der Waals surface area contributed by atoms with E-state index in [4.69, 9.17) is 4.74 Å². The molecular formula is C28H29F2N3O4S. The highest BCUT2D eigenvalue weighted by Crippen LogP contribution is 2.48. The standard InChI is InChI=1S/C28H29F2N3O4S/c1-32-8-5-20-18(15-38(2,35)36)11-17-14-33(23-4-3-19(29)12-22(23)30)27-21(16-6-9-37-10-7-16)13-31-26(24(17)27)25(20)28(32)34/h3-5,8,11-12,14,16,21,27,31H,6-7,9-10,13,15H2,1-2H3. The van der Waals surface area contributed by atoms with Gasteiger partial charge in [-0.3, -0.25) is 4.79 Å². The molecule has 0 saturated carbocycles. The quantitative estimate of drug-likeness (QED) is 0.641. The average Bonchev–Trinajstić information content (AvgIpc) is 3.17. The van der Waals surface area contributed by atoms with Crippen LogP contribution < -0.4 is 15.8 Å². The molecule has 1 aliphatic carbocycles. The van der Waals surface area contributed by atoms with Gasteiger partial charge in [-0.15, -0.1) is 0 Å². The van der Waals surface area contributed by atoms with Crippen molar-refractivity contribution in [3.63, 3.8) is 0 Å². The third-order valence-electron chi connectivity index (χ3n) is 8.05. The largest absolute Gasteiger partial charge is 0.384 e. The first kappa shape index (κ1) is 25.1. The fourth-order valence-electron chi connectivity index (χ4n) is 6.37. The maximum atomic E-state index is 15.2. The van der Waals surface area contributed by atoms with Gasteiger partial charge in [0.25, 0.3) is 5.56 Å². The zero-order valence-corrected chi connectivity index (χ0v) is 22.0. The second kappa shape index (κ2) is 9.20. The van der Waals surface area contributed by atoms with Crippen molar-refractivity contribution >= 4 is 26.8 Å². The minimum Gasteiger partial charge on any atom is -0.384 e. The van der Waals surface area contributed by atoms with E-state index in [9.17, 15) is 17.6 Å². The Morgan fingerprint density at radius 3 is 2.63 bits per heavy atom. The molecule has 1 N–H and O–H groups in total. The molecule has 1 fully saturated rings. The lowest BCUT2D eigenvalue weighted by atomic mass is 9.75. The van der Waals surface area contributed by atoms with Gasteiger partial charge in [0, 0.05) is 63.0 Å². The van der Waals surface area contributed by atoms with Gasteiger partial charge in [0.2, 0.25) is 0 Å². The number of allylic oxidation sites excluding steroid dienone is 1. The fourth-order valence-corrected chi connectivity index (χ4v) is 7.17. The van der Waals surface area contributed by atoms with Crippen molar-refractivity contribution in [2.24, 2.45) is 18.9 Å². The zero-order valence-electron chi connectivity index (χ0n) is 21.2. The zero-order chi connectivity index (χ0) is 26.8. The number of rotatable bonds is 4. The first-order chi connectivity index (χ1) is 18.1. The van der Waals surface area contributed by atoms with Crippen LogP contribution in [0.4, 0.5) is 14.5 Å². The Hall–Kier alpha value is -3.24. The summed E-state index contributed by atoms with van der Waals surface area (Å²) in [5.74, 6) is -1.25. The van der Waals surface area contributed by atoms with Crippen LogP contribution in [0.5, 0.6) is 0 Å². The molecule has 3 aliphatic heterocycles. The van der Waals surface area contributed by atoms with Gasteiger partial charge in [-0.1, -0.05) is 0 Å². The fraction of sp³-hybridized carbons (Fsp3) is 0.393. The molecule has 38 heavy (non-hydrogen) atoms. The van der Waals surface area contributed by atoms with Crippen molar-refractivity contribution in [3.05, 3.63) is 87.0 Å². The van der Waals surface area contributed by atoms with Crippen molar-refractivity contribution in [1.82, 2.24) is 9.88 Å². The van der Waals surface area contributed by atoms with Gasteiger partial charge in [-0.2, -0.15) is 0 Å². The summed E-state index contributed by atoms with van der Waals surface area (Å²) in [7, 11) is -1.77. The molecule has 200 valence electrons. The monoisotopic (exact) mass is 541 g/mol. The van der Waals surface area contributed by atoms with Crippen LogP contribution in [0.1, 0.15) is 24.0 Å². The molecule has 4 aliphatic rings. The van der Waals surface area contributed by atoms with Gasteiger partial charge in [-0.05, 0) is 59.7 Å². The van der Waals surface area contributed by atoms with Crippen molar-refractivity contribution in [3.8, 4) is 0 Å². The highest BCUT2D eigenvalue weighted by molar-refractivity contribution is 7.91. The molecular weight excluding hydrogens is 512 g/mol. The number of hydrogen-bond donors (Lipinski definition) is 1. The summed E-state index contributed by atoms with van der Waals surface area (Å²) in [4.78, 5) is 15.4. The van der Waals surface area contributed by atoms with Gasteiger partial charge in [-0.25, -0.2) is 17.2 Å². The third-order valence-corrected chi connectivity index (χ3v) is 8.88. The minimum atomic E-state index is -3.43. The topological polar surface area (TPSA) is 80.6 Å². The summed E-state index contributed by atoms with van der Waals surface area (Å²) in [5.41, 5.74) is 3.69. The van der Waals surface area contributed by atoms with E-state index in [0.717, 1.165) is 36.3 Å². The second-order valence-corrected chi connectivity index (χ2v) is 12.7. The smallest absolute Gasteiger partial charge is 0.260 e. The Balaban J connectivity index is 1.61. The molecule has 6 rings (SSSR count). The summed E-state index contributed by atoms with van der Waals surface area (Å²) in [6.45, 7) is 1.84. The Morgan fingerprint density at radius 2 is 1.92 bits per heavy atom. The summed E-state index contributed by atoms with van der Waals surface area (Å²) in [6, 6.07) is 5.00. The molecule has 2 aromatic rings. The number of ether oxygens (including phenoxy) is 1. The van der Waals surface area contributed by atoms with Gasteiger partial charge in [0.1, 0.15) is 11.6 Å². The van der Waals surface area contributed by atoms with E-state index >= 15 is 4.39 Å². The molecule has 2 unspecified atom stereocenters. The normalized spacial score (nSPS) is 23.3. The maximum Gasteiger partial charge on any atom is 0.260 e. The number of halogens is 2. The number of hydrogen-bond acceptors (Lipinski definition) is 6. The number of benzene rings is 1. The van der Waals surface area contributed by atoms with E-state index in [1.54, 1.807) is 19.3 Å². The summed E-state index contributed by atoms with van der Waals surface area (Å²) in [5, 5.41) is 3.53. The lowest BCUT2D eigenvalue weighted by Gasteiger charge is -2.43. The van der Waals surface area contributed by atoms with Crippen LogP contribution in [0.2, 0.25) is 0 Å². The first-order valence-corrected chi connectivity index (χ1v) is 14.8. The third kappa shape index (κ3) is 4.19. The van der Waals surface area contributed by atoms with Crippen LogP contribution in [-0.4, -0.2) is 50.8 Å². The van der Waals surface area contributed by atoms with E-state index in [1.165, 1.54) is 16.7 Å². The van der Waals surface area contributed by atoms with Crippen molar-refractivity contribution in [2.45, 2.75) is 18.9 Å². The Kier molecular flexibility index (Phi) is 6.07. The summed E-state index contributed by atoms with van der Waals surface area (Å²) in [6.07, 6.45) is 8.14. The number of nitrogens with one attached hydrogen (secondary N) is 1. The molecule has 0 bridgehead atoms. The SMILES string of the molecule is Cn1ccc2c(c1=O)C1=C3C(=CN(c4ccc(F)cc4F)C3C(C3CCOCC3)CN1)C=C2CS(C)(=O)=O. The number of pyridine rings is 1. The number of anilines is 1. The molecule has 10 heteroatoms. The van der Waals surface area contributed by atoms with Gasteiger partial charge in [0.15, 0.2) is 9.84 Å². The van der Waals surface area contributed by atoms with E-state index < -0.39 is 21.5 Å². The summed E-state index contributed by atoms with van der Waals surface area (Å²) < 4.78 is 61.0.